The summed E-state index contributed by atoms with van der Waals surface area (Å²) in [5.41, 5.74) is 1.46. The molecule has 0 saturated carbocycles. The number of amides is 1. The lowest BCUT2D eigenvalue weighted by Gasteiger charge is -2.33. The maximum atomic E-state index is 13.5. The molecule has 3 aromatic rings. The van der Waals surface area contributed by atoms with Gasteiger partial charge in [0.15, 0.2) is 0 Å². The molecule has 232 valence electrons. The summed E-state index contributed by atoms with van der Waals surface area (Å²) in [5.74, 6) is -0.932. The van der Waals surface area contributed by atoms with Crippen LogP contribution in [-0.2, 0) is 31.3 Å². The number of sulfonamides is 2. The van der Waals surface area contributed by atoms with E-state index in [4.69, 9.17) is 4.74 Å². The van der Waals surface area contributed by atoms with Crippen molar-refractivity contribution in [3.63, 3.8) is 0 Å². The smallest absolute Gasteiger partial charge is 0.261 e. The van der Waals surface area contributed by atoms with E-state index in [9.17, 15) is 31.1 Å². The number of anilines is 1. The number of likely N-dealkylation sites (N-methyl/N-ethyl adjacent to an activating group) is 1. The molecule has 3 atom stereocenters. The van der Waals surface area contributed by atoms with Gasteiger partial charge in [-0.1, -0.05) is 24.6 Å². The molecule has 0 fully saturated rings. The van der Waals surface area contributed by atoms with Gasteiger partial charge in [-0.05, 0) is 68.4 Å². The second-order valence-corrected chi connectivity index (χ2v) is 14.6. The number of nitrogens with one attached hydrogen (secondary N) is 1. The Hall–Kier alpha value is -3.52. The Balaban J connectivity index is 1.68. The highest BCUT2D eigenvalue weighted by Gasteiger charge is 2.33. The first-order valence-corrected chi connectivity index (χ1v) is 16.6. The lowest BCUT2D eigenvalue weighted by atomic mass is 10.0. The molecule has 0 unspecified atom stereocenters. The average molecular weight is 634 g/mol. The lowest BCUT2D eigenvalue weighted by Crippen LogP contribution is -2.48. The third kappa shape index (κ3) is 7.53. The SMILES string of the molecule is Cc1ccc(S(=O)(=O)N(C)C[C@@H]2Oc3ccc(NS(=O)(=O)c4ccc(F)cc4)cc3CC(=O)N([C@@H](C)CO)C[C@H]2C)cc1. The Morgan fingerprint density at radius 2 is 1.67 bits per heavy atom. The Morgan fingerprint density at radius 1 is 1.05 bits per heavy atom. The number of ether oxygens (including phenoxy) is 1. The first-order chi connectivity index (χ1) is 20.2. The molecular weight excluding hydrogens is 597 g/mol. The number of aliphatic hydroxyl groups is 1. The zero-order valence-electron chi connectivity index (χ0n) is 24.4. The molecule has 2 N–H and O–H groups in total. The van der Waals surface area contributed by atoms with Crippen LogP contribution in [0.2, 0.25) is 0 Å². The van der Waals surface area contributed by atoms with Gasteiger partial charge in [-0.15, -0.1) is 0 Å². The standard InChI is InChI=1S/C30H36FN3O7S2/c1-20-5-10-27(11-6-20)43(39,40)33(4)18-29-21(2)17-34(22(3)19-35)30(36)16-23-15-25(9-14-28(23)41-29)32-42(37,38)26-12-7-24(31)8-13-26/h5-15,21-22,29,32,35H,16-19H2,1-4H3/t21-,22+,29+/m1/s1. The van der Waals surface area contributed by atoms with Crippen LogP contribution in [0.3, 0.4) is 0 Å². The summed E-state index contributed by atoms with van der Waals surface area (Å²) in [6.07, 6.45) is -0.854. The monoisotopic (exact) mass is 633 g/mol. The highest BCUT2D eigenvalue weighted by atomic mass is 32.2. The van der Waals surface area contributed by atoms with E-state index in [0.717, 1.165) is 29.8 Å². The highest BCUT2D eigenvalue weighted by molar-refractivity contribution is 7.92. The molecule has 13 heteroatoms. The van der Waals surface area contributed by atoms with E-state index < -0.39 is 38.0 Å². The molecule has 0 radical (unpaired) electrons. The maximum absolute atomic E-state index is 13.5. The first-order valence-electron chi connectivity index (χ1n) is 13.7. The molecule has 1 amide bonds. The maximum Gasteiger partial charge on any atom is 0.261 e. The Kier molecular flexibility index (Phi) is 9.79. The van der Waals surface area contributed by atoms with Gasteiger partial charge in [0.05, 0.1) is 35.4 Å². The van der Waals surface area contributed by atoms with Crippen LogP contribution in [0, 0.1) is 18.7 Å². The molecule has 0 spiro atoms. The van der Waals surface area contributed by atoms with Crippen LogP contribution in [-0.4, -0.2) is 75.9 Å². The summed E-state index contributed by atoms with van der Waals surface area (Å²) in [6.45, 7) is 5.30. The fourth-order valence-corrected chi connectivity index (χ4v) is 7.01. The molecular formula is C30H36FN3O7S2. The van der Waals surface area contributed by atoms with Crippen LogP contribution in [0.5, 0.6) is 5.75 Å². The molecule has 0 saturated heterocycles. The molecule has 43 heavy (non-hydrogen) atoms. The summed E-state index contributed by atoms with van der Waals surface area (Å²) < 4.78 is 75.9. The van der Waals surface area contributed by atoms with Crippen molar-refractivity contribution in [1.29, 1.82) is 0 Å². The third-order valence-corrected chi connectivity index (χ3v) is 10.7. The molecule has 1 heterocycles. The van der Waals surface area contributed by atoms with Crippen molar-refractivity contribution in [3.05, 3.63) is 83.7 Å². The summed E-state index contributed by atoms with van der Waals surface area (Å²) in [7, 11) is -6.45. The molecule has 0 aliphatic carbocycles. The van der Waals surface area contributed by atoms with E-state index in [1.165, 1.54) is 34.5 Å². The molecule has 0 bridgehead atoms. The highest BCUT2D eigenvalue weighted by Crippen LogP contribution is 2.30. The van der Waals surface area contributed by atoms with Crippen molar-refractivity contribution in [2.45, 2.75) is 49.1 Å². The Morgan fingerprint density at radius 3 is 2.30 bits per heavy atom. The molecule has 3 aromatic carbocycles. The van der Waals surface area contributed by atoms with Gasteiger partial charge >= 0.3 is 0 Å². The van der Waals surface area contributed by atoms with Crippen molar-refractivity contribution in [3.8, 4) is 5.75 Å². The quantitative estimate of drug-likeness (QED) is 0.369. The molecule has 10 nitrogen and oxygen atoms in total. The number of hydrogen-bond acceptors (Lipinski definition) is 7. The number of carbonyl (C=O) groups is 1. The van der Waals surface area contributed by atoms with E-state index in [-0.39, 0.29) is 53.4 Å². The predicted octanol–water partition coefficient (Wildman–Crippen LogP) is 3.40. The van der Waals surface area contributed by atoms with E-state index in [0.29, 0.717) is 11.3 Å². The number of carbonyl (C=O) groups excluding carboxylic acids is 1. The Bertz CT molecular complexity index is 1660. The number of aryl methyl sites for hydroxylation is 1. The van der Waals surface area contributed by atoms with Crippen molar-refractivity contribution in [2.75, 3.05) is 31.5 Å². The molecule has 1 aliphatic rings. The second-order valence-electron chi connectivity index (χ2n) is 10.9. The topological polar surface area (TPSA) is 133 Å². The van der Waals surface area contributed by atoms with Crippen LogP contribution in [0.25, 0.3) is 0 Å². The van der Waals surface area contributed by atoms with Gasteiger partial charge in [0.1, 0.15) is 17.7 Å². The van der Waals surface area contributed by atoms with E-state index in [2.05, 4.69) is 4.72 Å². The number of nitrogens with zero attached hydrogens (tertiary/aromatic N) is 2. The minimum atomic E-state index is -4.06. The fraction of sp³-hybridized carbons (Fsp3) is 0.367. The average Bonchev–Trinajstić information content (AvgIpc) is 3.00. The minimum absolute atomic E-state index is 0.0364. The molecule has 4 rings (SSSR count). The summed E-state index contributed by atoms with van der Waals surface area (Å²) >= 11 is 0. The van der Waals surface area contributed by atoms with Gasteiger partial charge in [-0.25, -0.2) is 21.2 Å². The fourth-order valence-electron chi connectivity index (χ4n) is 4.78. The van der Waals surface area contributed by atoms with E-state index >= 15 is 0 Å². The van der Waals surface area contributed by atoms with Crippen molar-refractivity contribution >= 4 is 31.6 Å². The lowest BCUT2D eigenvalue weighted by molar-refractivity contribution is -0.134. The van der Waals surface area contributed by atoms with E-state index in [1.807, 2.05) is 13.8 Å². The van der Waals surface area contributed by atoms with Gasteiger partial charge in [0, 0.05) is 30.8 Å². The number of benzene rings is 3. The Labute approximate surface area is 252 Å². The van der Waals surface area contributed by atoms with Gasteiger partial charge in [0.25, 0.3) is 10.0 Å². The second kappa shape index (κ2) is 13.0. The number of rotatable bonds is 9. The van der Waals surface area contributed by atoms with Crippen LogP contribution in [0.1, 0.15) is 25.0 Å². The van der Waals surface area contributed by atoms with Crippen molar-refractivity contribution < 1.29 is 35.9 Å². The largest absolute Gasteiger partial charge is 0.488 e. The van der Waals surface area contributed by atoms with Crippen LogP contribution in [0.15, 0.2) is 76.5 Å². The van der Waals surface area contributed by atoms with Crippen LogP contribution in [0.4, 0.5) is 10.1 Å². The first kappa shape index (κ1) is 32.4. The van der Waals surface area contributed by atoms with Crippen LogP contribution >= 0.6 is 0 Å². The summed E-state index contributed by atoms with van der Waals surface area (Å²) in [4.78, 5) is 15.0. The van der Waals surface area contributed by atoms with E-state index in [1.54, 1.807) is 31.2 Å². The number of halogens is 1. The van der Waals surface area contributed by atoms with Gasteiger partial charge < -0.3 is 14.7 Å². The number of aliphatic hydroxyl groups excluding tert-OH is 1. The van der Waals surface area contributed by atoms with Crippen molar-refractivity contribution in [1.82, 2.24) is 9.21 Å². The third-order valence-electron chi connectivity index (χ3n) is 7.46. The summed E-state index contributed by atoms with van der Waals surface area (Å²) in [6, 6.07) is 14.9. The van der Waals surface area contributed by atoms with Gasteiger partial charge in [-0.3, -0.25) is 9.52 Å². The zero-order valence-corrected chi connectivity index (χ0v) is 26.0. The van der Waals surface area contributed by atoms with Crippen molar-refractivity contribution in [2.24, 2.45) is 5.92 Å². The summed E-state index contributed by atoms with van der Waals surface area (Å²) in [5, 5.41) is 9.87. The molecule has 1 aliphatic heterocycles. The normalized spacial score (nSPS) is 18.7. The number of fused-ring (bicyclic) bond motifs is 1. The number of hydrogen-bond donors (Lipinski definition) is 2. The predicted molar refractivity (Wildman–Crippen MR) is 160 cm³/mol. The van der Waals surface area contributed by atoms with Gasteiger partial charge in [0.2, 0.25) is 15.9 Å². The zero-order chi connectivity index (χ0) is 31.5. The van der Waals surface area contributed by atoms with Gasteiger partial charge in [-0.2, -0.15) is 4.31 Å². The minimum Gasteiger partial charge on any atom is -0.488 e. The van der Waals surface area contributed by atoms with Crippen LogP contribution < -0.4 is 9.46 Å². The molecule has 0 aromatic heterocycles.